The van der Waals surface area contributed by atoms with Gasteiger partial charge in [-0.25, -0.2) is 0 Å². The van der Waals surface area contributed by atoms with Crippen LogP contribution in [0.25, 0.3) is 0 Å². The van der Waals surface area contributed by atoms with Gasteiger partial charge in [-0.1, -0.05) is 42.5 Å². The zero-order valence-electron chi connectivity index (χ0n) is 16.9. The Morgan fingerprint density at radius 1 is 0.697 bits per heavy atom. The number of benzene rings is 3. The monoisotopic (exact) mass is 472 g/mol. The standard InChI is InChI=1S/C23H18F6O4/c24-22(25,26)21(30,17-9-11-19(12-10-17)33-23(27,28)29)15-31-14-16-5-4-8-20(13-16)32-18-6-2-1-3-7-18/h1-13,30H,14-15H2. The minimum atomic E-state index is -5.16. The minimum absolute atomic E-state index is 0.278. The number of hydrogen-bond acceptors (Lipinski definition) is 4. The van der Waals surface area contributed by atoms with E-state index in [1.807, 2.05) is 6.07 Å². The predicted molar refractivity (Wildman–Crippen MR) is 106 cm³/mol. The SMILES string of the molecule is OC(COCc1cccc(Oc2ccccc2)c1)(c1ccc(OC(F)(F)F)cc1)C(F)(F)F. The molecule has 0 saturated heterocycles. The van der Waals surface area contributed by atoms with E-state index in [0.717, 1.165) is 0 Å². The van der Waals surface area contributed by atoms with Crippen LogP contribution < -0.4 is 9.47 Å². The summed E-state index contributed by atoms with van der Waals surface area (Å²) in [6.07, 6.45) is -10.2. The van der Waals surface area contributed by atoms with Crippen molar-refractivity contribution in [2.24, 2.45) is 0 Å². The Kier molecular flexibility index (Phi) is 7.19. The zero-order valence-corrected chi connectivity index (χ0v) is 16.9. The van der Waals surface area contributed by atoms with Gasteiger partial charge in [0, 0.05) is 0 Å². The number of halogens is 6. The molecule has 1 unspecified atom stereocenters. The van der Waals surface area contributed by atoms with E-state index in [4.69, 9.17) is 9.47 Å². The molecule has 176 valence electrons. The van der Waals surface area contributed by atoms with E-state index in [0.29, 0.717) is 41.3 Å². The third kappa shape index (κ3) is 6.62. The van der Waals surface area contributed by atoms with Crippen molar-refractivity contribution in [3.8, 4) is 17.2 Å². The Morgan fingerprint density at radius 3 is 1.94 bits per heavy atom. The number of ether oxygens (including phenoxy) is 3. The highest BCUT2D eigenvalue weighted by atomic mass is 19.4. The van der Waals surface area contributed by atoms with Crippen LogP contribution in [0, 0.1) is 0 Å². The molecule has 3 aromatic carbocycles. The van der Waals surface area contributed by atoms with E-state index >= 15 is 0 Å². The maximum absolute atomic E-state index is 13.6. The van der Waals surface area contributed by atoms with Gasteiger partial charge in [0.15, 0.2) is 0 Å². The van der Waals surface area contributed by atoms with Crippen molar-refractivity contribution in [2.45, 2.75) is 24.7 Å². The summed E-state index contributed by atoms with van der Waals surface area (Å²) in [5, 5.41) is 10.3. The van der Waals surface area contributed by atoms with E-state index in [1.54, 1.807) is 48.5 Å². The second kappa shape index (κ2) is 9.72. The smallest absolute Gasteiger partial charge is 0.457 e. The highest BCUT2D eigenvalue weighted by Gasteiger charge is 2.55. The van der Waals surface area contributed by atoms with Crippen molar-refractivity contribution in [2.75, 3.05) is 6.61 Å². The molecule has 4 nitrogen and oxygen atoms in total. The maximum Gasteiger partial charge on any atom is 0.573 e. The molecule has 0 fully saturated rings. The van der Waals surface area contributed by atoms with Gasteiger partial charge in [0.05, 0.1) is 13.2 Å². The Hall–Kier alpha value is -3.24. The van der Waals surface area contributed by atoms with E-state index in [1.165, 1.54) is 0 Å². The zero-order chi connectivity index (χ0) is 24.1. The second-order valence-corrected chi connectivity index (χ2v) is 6.99. The molecule has 0 saturated carbocycles. The molecular formula is C23H18F6O4. The number of rotatable bonds is 8. The van der Waals surface area contributed by atoms with Crippen molar-refractivity contribution in [1.29, 1.82) is 0 Å². The van der Waals surface area contributed by atoms with Gasteiger partial charge in [-0.2, -0.15) is 13.2 Å². The molecule has 1 atom stereocenters. The quantitative estimate of drug-likeness (QED) is 0.389. The Morgan fingerprint density at radius 2 is 1.33 bits per heavy atom. The first kappa shape index (κ1) is 24.4. The maximum atomic E-state index is 13.6. The summed E-state index contributed by atoms with van der Waals surface area (Å²) in [4.78, 5) is 0. The van der Waals surface area contributed by atoms with Gasteiger partial charge < -0.3 is 19.3 Å². The third-order valence-electron chi connectivity index (χ3n) is 4.49. The first-order valence-corrected chi connectivity index (χ1v) is 9.51. The molecule has 0 amide bonds. The summed E-state index contributed by atoms with van der Waals surface area (Å²) in [6, 6.07) is 18.1. The van der Waals surface area contributed by atoms with Crippen LogP contribution in [0.15, 0.2) is 78.9 Å². The highest BCUT2D eigenvalue weighted by Crippen LogP contribution is 2.40. The summed E-state index contributed by atoms with van der Waals surface area (Å²) < 4.78 is 92.1. The molecule has 0 bridgehead atoms. The summed E-state index contributed by atoms with van der Waals surface area (Å²) in [6.45, 7) is -1.46. The number of aliphatic hydroxyl groups is 1. The lowest BCUT2D eigenvalue weighted by molar-refractivity contribution is -0.283. The largest absolute Gasteiger partial charge is 0.573 e. The van der Waals surface area contributed by atoms with Crippen LogP contribution in [0.1, 0.15) is 11.1 Å². The van der Waals surface area contributed by atoms with Crippen molar-refractivity contribution in [3.05, 3.63) is 90.0 Å². The molecule has 0 aromatic heterocycles. The summed E-state index contributed by atoms with van der Waals surface area (Å²) in [5.41, 5.74) is -3.64. The summed E-state index contributed by atoms with van der Waals surface area (Å²) in [7, 11) is 0. The molecular weight excluding hydrogens is 454 g/mol. The highest BCUT2D eigenvalue weighted by molar-refractivity contribution is 5.34. The van der Waals surface area contributed by atoms with Crippen LogP contribution >= 0.6 is 0 Å². The Labute approximate surface area is 184 Å². The average molecular weight is 472 g/mol. The van der Waals surface area contributed by atoms with E-state index < -0.39 is 36.1 Å². The molecule has 0 heterocycles. The van der Waals surface area contributed by atoms with Crippen LogP contribution in [0.4, 0.5) is 26.3 Å². The second-order valence-electron chi connectivity index (χ2n) is 6.99. The Bertz CT molecular complexity index is 1040. The summed E-state index contributed by atoms with van der Waals surface area (Å²) >= 11 is 0. The van der Waals surface area contributed by atoms with Crippen molar-refractivity contribution in [3.63, 3.8) is 0 Å². The van der Waals surface area contributed by atoms with Gasteiger partial charge in [-0.15, -0.1) is 13.2 Å². The molecule has 0 spiro atoms. The van der Waals surface area contributed by atoms with Gasteiger partial charge in [0.25, 0.3) is 0 Å². The number of hydrogen-bond donors (Lipinski definition) is 1. The fourth-order valence-electron chi connectivity index (χ4n) is 2.90. The van der Waals surface area contributed by atoms with Crippen molar-refractivity contribution in [1.82, 2.24) is 0 Å². The molecule has 0 aliphatic rings. The van der Waals surface area contributed by atoms with Crippen LogP contribution in [-0.4, -0.2) is 24.3 Å². The predicted octanol–water partition coefficient (Wildman–Crippen LogP) is 6.34. The first-order chi connectivity index (χ1) is 15.5. The molecule has 33 heavy (non-hydrogen) atoms. The van der Waals surface area contributed by atoms with Gasteiger partial charge in [-0.05, 0) is 47.5 Å². The number of alkyl halides is 6. The molecule has 1 N–H and O–H groups in total. The van der Waals surface area contributed by atoms with Crippen LogP contribution in [0.2, 0.25) is 0 Å². The van der Waals surface area contributed by atoms with Crippen molar-refractivity contribution < 1.29 is 45.7 Å². The topological polar surface area (TPSA) is 47.9 Å². The molecule has 0 radical (unpaired) electrons. The number of para-hydroxylation sites is 1. The molecule has 0 aliphatic heterocycles. The van der Waals surface area contributed by atoms with Crippen LogP contribution in [-0.2, 0) is 16.9 Å². The first-order valence-electron chi connectivity index (χ1n) is 9.51. The molecule has 3 rings (SSSR count). The lowest BCUT2D eigenvalue weighted by Crippen LogP contribution is -2.46. The van der Waals surface area contributed by atoms with Crippen LogP contribution in [0.3, 0.4) is 0 Å². The minimum Gasteiger partial charge on any atom is -0.457 e. The fraction of sp³-hybridized carbons (Fsp3) is 0.217. The third-order valence-corrected chi connectivity index (χ3v) is 4.49. The molecule has 0 aliphatic carbocycles. The molecule has 10 heteroatoms. The van der Waals surface area contributed by atoms with E-state index in [-0.39, 0.29) is 6.61 Å². The lowest BCUT2D eigenvalue weighted by Gasteiger charge is -2.30. The average Bonchev–Trinajstić information content (AvgIpc) is 2.73. The van der Waals surface area contributed by atoms with Gasteiger partial charge in [0.2, 0.25) is 5.60 Å². The van der Waals surface area contributed by atoms with Gasteiger partial charge in [0.1, 0.15) is 17.2 Å². The summed E-state index contributed by atoms with van der Waals surface area (Å²) in [5.74, 6) is 0.292. The van der Waals surface area contributed by atoms with E-state index in [2.05, 4.69) is 4.74 Å². The van der Waals surface area contributed by atoms with Gasteiger partial charge in [-0.3, -0.25) is 0 Å². The van der Waals surface area contributed by atoms with Gasteiger partial charge >= 0.3 is 12.5 Å². The lowest BCUT2D eigenvalue weighted by atomic mass is 9.94. The Balaban J connectivity index is 1.69. The van der Waals surface area contributed by atoms with E-state index in [9.17, 15) is 31.4 Å². The van der Waals surface area contributed by atoms with Crippen molar-refractivity contribution >= 4 is 0 Å². The molecule has 3 aromatic rings. The normalized spacial score (nSPS) is 13.9. The van der Waals surface area contributed by atoms with Crippen LogP contribution in [0.5, 0.6) is 17.2 Å². The fourth-order valence-corrected chi connectivity index (χ4v) is 2.90.